The van der Waals surface area contributed by atoms with Crippen LogP contribution < -0.4 is 10.9 Å². The maximum absolute atomic E-state index is 11.9. The minimum absolute atomic E-state index is 0.0465. The number of nitro benzene ring substituents is 1. The number of benzene rings is 2. The van der Waals surface area contributed by atoms with E-state index in [1.807, 2.05) is 0 Å². The molecule has 0 saturated heterocycles. The van der Waals surface area contributed by atoms with Gasteiger partial charge in [0, 0.05) is 22.6 Å². The number of nitrogens with zero attached hydrogens (tertiary/aromatic N) is 1. The number of hydrogen-bond donors (Lipinski definition) is 2. The third-order valence-electron chi connectivity index (χ3n) is 3.42. The van der Waals surface area contributed by atoms with Crippen molar-refractivity contribution in [1.82, 2.24) is 10.9 Å². The highest BCUT2D eigenvalue weighted by Gasteiger charge is 2.19. The van der Waals surface area contributed by atoms with Gasteiger partial charge in [0.15, 0.2) is 6.10 Å². The molecule has 0 unspecified atom stereocenters. The normalized spacial score (nSPS) is 11.2. The van der Waals surface area contributed by atoms with Crippen LogP contribution in [-0.2, 0) is 14.3 Å². The van der Waals surface area contributed by atoms with Gasteiger partial charge in [-0.1, -0.05) is 18.2 Å². The van der Waals surface area contributed by atoms with Gasteiger partial charge in [-0.05, 0) is 31.2 Å². The van der Waals surface area contributed by atoms with Crippen LogP contribution in [0, 0.1) is 10.1 Å². The first-order chi connectivity index (χ1) is 13.4. The van der Waals surface area contributed by atoms with Crippen molar-refractivity contribution in [3.8, 4) is 0 Å². The lowest BCUT2D eigenvalue weighted by molar-refractivity contribution is -0.384. The van der Waals surface area contributed by atoms with E-state index in [0.29, 0.717) is 10.5 Å². The minimum Gasteiger partial charge on any atom is -0.452 e. The number of non-ortho nitro benzene ring substituents is 1. The van der Waals surface area contributed by atoms with Crippen LogP contribution in [0.2, 0.25) is 0 Å². The van der Waals surface area contributed by atoms with Gasteiger partial charge in [-0.2, -0.15) is 0 Å². The highest BCUT2D eigenvalue weighted by Crippen LogP contribution is 2.21. The third-order valence-corrected chi connectivity index (χ3v) is 4.40. The number of hydrogen-bond acceptors (Lipinski definition) is 7. The topological polar surface area (TPSA) is 128 Å². The molecule has 2 aromatic rings. The molecular formula is C18H17N3O6S. The van der Waals surface area contributed by atoms with Crippen molar-refractivity contribution in [1.29, 1.82) is 0 Å². The van der Waals surface area contributed by atoms with E-state index in [0.717, 1.165) is 11.8 Å². The van der Waals surface area contributed by atoms with E-state index in [1.165, 1.54) is 31.2 Å². The average Bonchev–Trinajstić information content (AvgIpc) is 2.71. The summed E-state index contributed by atoms with van der Waals surface area (Å²) in [7, 11) is 0. The molecule has 2 N–H and O–H groups in total. The number of carbonyl (C=O) groups excluding carboxylic acids is 3. The molecule has 9 nitrogen and oxygen atoms in total. The first-order valence-electron chi connectivity index (χ1n) is 8.09. The zero-order valence-corrected chi connectivity index (χ0v) is 15.6. The van der Waals surface area contributed by atoms with Gasteiger partial charge >= 0.3 is 5.97 Å². The molecule has 0 aliphatic carbocycles. The van der Waals surface area contributed by atoms with E-state index < -0.39 is 28.8 Å². The molecule has 10 heteroatoms. The second-order valence-corrected chi connectivity index (χ2v) is 6.53. The van der Waals surface area contributed by atoms with Crippen molar-refractivity contribution in [3.05, 3.63) is 70.3 Å². The van der Waals surface area contributed by atoms with Crippen LogP contribution in [0.1, 0.15) is 17.3 Å². The summed E-state index contributed by atoms with van der Waals surface area (Å²) in [6.45, 7) is 1.37. The van der Waals surface area contributed by atoms with Gasteiger partial charge in [-0.25, -0.2) is 0 Å². The van der Waals surface area contributed by atoms with Gasteiger partial charge in [-0.15, -0.1) is 11.8 Å². The fraction of sp³-hybridized carbons (Fsp3) is 0.167. The van der Waals surface area contributed by atoms with Crippen LogP contribution in [0.3, 0.4) is 0 Å². The summed E-state index contributed by atoms with van der Waals surface area (Å²) in [5, 5.41) is 10.6. The molecule has 0 bridgehead atoms. The van der Waals surface area contributed by atoms with E-state index >= 15 is 0 Å². The molecule has 1 atom stereocenters. The Bertz CT molecular complexity index is 857. The standard InChI is InChI=1S/C18H17N3O6S/c1-12(17(23)19-20-18(24)13-5-3-2-4-6-13)27-16(22)11-28-15-9-7-14(8-10-15)21(25)26/h2-10,12H,11H2,1H3,(H,19,23)(H,20,24)/t12-/m1/s1. The number of esters is 1. The van der Waals surface area contributed by atoms with Crippen LogP contribution >= 0.6 is 11.8 Å². The Morgan fingerprint density at radius 3 is 2.32 bits per heavy atom. The van der Waals surface area contributed by atoms with E-state index in [-0.39, 0.29) is 11.4 Å². The average molecular weight is 403 g/mol. The number of ether oxygens (including phenoxy) is 1. The molecular weight excluding hydrogens is 386 g/mol. The first kappa shape index (κ1) is 20.9. The Balaban J connectivity index is 1.74. The molecule has 0 radical (unpaired) electrons. The maximum atomic E-state index is 11.9. The Morgan fingerprint density at radius 1 is 1.07 bits per heavy atom. The Hall–Kier alpha value is -3.40. The highest BCUT2D eigenvalue weighted by molar-refractivity contribution is 8.00. The number of thioether (sulfide) groups is 1. The van der Waals surface area contributed by atoms with Crippen LogP contribution in [0.4, 0.5) is 5.69 Å². The number of rotatable bonds is 7. The van der Waals surface area contributed by atoms with E-state index in [2.05, 4.69) is 10.9 Å². The summed E-state index contributed by atoms with van der Waals surface area (Å²) in [6, 6.07) is 14.0. The number of nitro groups is 1. The van der Waals surface area contributed by atoms with Gasteiger partial charge in [0.1, 0.15) is 0 Å². The van der Waals surface area contributed by atoms with Crippen molar-refractivity contribution < 1.29 is 24.0 Å². The molecule has 0 heterocycles. The Morgan fingerprint density at radius 2 is 1.71 bits per heavy atom. The smallest absolute Gasteiger partial charge is 0.317 e. The van der Waals surface area contributed by atoms with Gasteiger partial charge in [-0.3, -0.25) is 35.3 Å². The lowest BCUT2D eigenvalue weighted by Gasteiger charge is -2.14. The van der Waals surface area contributed by atoms with Crippen LogP contribution in [0.25, 0.3) is 0 Å². The molecule has 2 amide bonds. The number of amides is 2. The molecule has 0 fully saturated rings. The summed E-state index contributed by atoms with van der Waals surface area (Å²) in [4.78, 5) is 46.3. The van der Waals surface area contributed by atoms with Crippen LogP contribution in [0.15, 0.2) is 59.5 Å². The predicted molar refractivity (Wildman–Crippen MR) is 101 cm³/mol. The Kier molecular flexibility index (Phi) is 7.52. The predicted octanol–water partition coefficient (Wildman–Crippen LogP) is 2.08. The summed E-state index contributed by atoms with van der Waals surface area (Å²) < 4.78 is 5.00. The van der Waals surface area contributed by atoms with Crippen LogP contribution in [-0.4, -0.2) is 34.6 Å². The van der Waals surface area contributed by atoms with E-state index in [1.54, 1.807) is 30.3 Å². The Labute approximate surface area is 164 Å². The van der Waals surface area contributed by atoms with E-state index in [9.17, 15) is 24.5 Å². The molecule has 2 aromatic carbocycles. The third kappa shape index (κ3) is 6.40. The van der Waals surface area contributed by atoms with Crippen molar-refractivity contribution in [3.63, 3.8) is 0 Å². The maximum Gasteiger partial charge on any atom is 0.317 e. The lowest BCUT2D eigenvalue weighted by Crippen LogP contribution is -2.46. The van der Waals surface area contributed by atoms with Gasteiger partial charge < -0.3 is 4.74 Å². The fourth-order valence-electron chi connectivity index (χ4n) is 1.97. The molecule has 0 aliphatic rings. The summed E-state index contributed by atoms with van der Waals surface area (Å²) >= 11 is 1.12. The quantitative estimate of drug-likeness (QED) is 0.313. The molecule has 0 aromatic heterocycles. The monoisotopic (exact) mass is 403 g/mol. The molecule has 28 heavy (non-hydrogen) atoms. The number of carbonyl (C=O) groups is 3. The summed E-state index contributed by atoms with van der Waals surface area (Å²) in [5.41, 5.74) is 4.75. The van der Waals surface area contributed by atoms with Gasteiger partial charge in [0.2, 0.25) is 0 Å². The number of nitrogens with one attached hydrogen (secondary N) is 2. The molecule has 2 rings (SSSR count). The van der Waals surface area contributed by atoms with Crippen molar-refractivity contribution in [2.24, 2.45) is 0 Å². The van der Waals surface area contributed by atoms with E-state index in [4.69, 9.17) is 4.74 Å². The number of hydrazine groups is 1. The van der Waals surface area contributed by atoms with Crippen molar-refractivity contribution >= 4 is 35.2 Å². The second kappa shape index (κ2) is 10.1. The fourth-order valence-corrected chi connectivity index (χ4v) is 2.65. The van der Waals surface area contributed by atoms with Crippen molar-refractivity contribution in [2.75, 3.05) is 5.75 Å². The lowest BCUT2D eigenvalue weighted by atomic mass is 10.2. The van der Waals surface area contributed by atoms with Crippen molar-refractivity contribution in [2.45, 2.75) is 17.9 Å². The molecule has 146 valence electrons. The first-order valence-corrected chi connectivity index (χ1v) is 9.07. The molecule has 0 aliphatic heterocycles. The largest absolute Gasteiger partial charge is 0.452 e. The second-order valence-electron chi connectivity index (χ2n) is 5.48. The SMILES string of the molecule is C[C@@H](OC(=O)CSc1ccc([N+](=O)[O-])cc1)C(=O)NNC(=O)c1ccccc1. The summed E-state index contributed by atoms with van der Waals surface area (Å²) in [5.74, 6) is -1.90. The zero-order chi connectivity index (χ0) is 20.5. The molecule has 0 spiro atoms. The zero-order valence-electron chi connectivity index (χ0n) is 14.8. The van der Waals surface area contributed by atoms with Crippen LogP contribution in [0.5, 0.6) is 0 Å². The van der Waals surface area contributed by atoms with Gasteiger partial charge in [0.25, 0.3) is 17.5 Å². The minimum atomic E-state index is -1.11. The highest BCUT2D eigenvalue weighted by atomic mass is 32.2. The molecule has 0 saturated carbocycles. The van der Waals surface area contributed by atoms with Gasteiger partial charge in [0.05, 0.1) is 10.7 Å². The summed E-state index contributed by atoms with van der Waals surface area (Å²) in [6.07, 6.45) is -1.11.